The van der Waals surface area contributed by atoms with Gasteiger partial charge in [-0.1, -0.05) is 29.5 Å². The molecule has 4 atom stereocenters. The molecule has 2 fully saturated rings. The van der Waals surface area contributed by atoms with Gasteiger partial charge in [0.05, 0.1) is 5.38 Å². The molecule has 5 rings (SSSR count). The second-order valence-corrected chi connectivity index (χ2v) is 9.27. The first kappa shape index (κ1) is 17.5. The third-order valence-electron chi connectivity index (χ3n) is 5.25. The Morgan fingerprint density at radius 2 is 2.04 bits per heavy atom. The molecule has 3 aromatic rings. The van der Waals surface area contributed by atoms with E-state index in [0.29, 0.717) is 12.0 Å². The number of benzene rings is 1. The zero-order chi connectivity index (χ0) is 18.2. The van der Waals surface area contributed by atoms with E-state index < -0.39 is 0 Å². The number of aromatic nitrogens is 3. The fraction of sp³-hybridized carbons (Fsp3) is 0.389. The molecule has 0 radical (unpaired) electrons. The third-order valence-corrected chi connectivity index (χ3v) is 7.60. The van der Waals surface area contributed by atoms with E-state index in [2.05, 4.69) is 49.5 Å². The van der Waals surface area contributed by atoms with Gasteiger partial charge in [-0.3, -0.25) is 10.9 Å². The highest BCUT2D eigenvalue weighted by Gasteiger charge is 2.41. The lowest BCUT2D eigenvalue weighted by Crippen LogP contribution is -2.47. The van der Waals surface area contributed by atoms with Crippen LogP contribution in [0.25, 0.3) is 21.1 Å². The van der Waals surface area contributed by atoms with Crippen LogP contribution in [0.1, 0.15) is 12.8 Å². The Labute approximate surface area is 170 Å². The maximum absolute atomic E-state index is 6.74. The van der Waals surface area contributed by atoms with Crippen molar-refractivity contribution in [2.45, 2.75) is 30.3 Å². The molecule has 1 saturated heterocycles. The largest absolute Gasteiger partial charge is 0.356 e. The summed E-state index contributed by atoms with van der Waals surface area (Å²) in [6.07, 6.45) is 3.96. The van der Waals surface area contributed by atoms with Crippen molar-refractivity contribution < 1.29 is 0 Å². The summed E-state index contributed by atoms with van der Waals surface area (Å²) in [6.45, 7) is 0.919. The molecule has 1 saturated carbocycles. The SMILES string of the molecule is ClC1C(Nc2nnc(-c3cccc(-c4nccs4)c3)s2)CCC2NNCC21. The predicted octanol–water partition coefficient (Wildman–Crippen LogP) is 3.60. The van der Waals surface area contributed by atoms with Gasteiger partial charge in [0, 0.05) is 47.3 Å². The smallest absolute Gasteiger partial charge is 0.206 e. The summed E-state index contributed by atoms with van der Waals surface area (Å²) in [7, 11) is 0. The number of fused-ring (bicyclic) bond motifs is 1. The third kappa shape index (κ3) is 3.48. The number of rotatable bonds is 4. The predicted molar refractivity (Wildman–Crippen MR) is 111 cm³/mol. The van der Waals surface area contributed by atoms with E-state index >= 15 is 0 Å². The average Bonchev–Trinajstić information content (AvgIpc) is 3.46. The number of nitrogens with zero attached hydrogens (tertiary/aromatic N) is 3. The molecule has 1 aliphatic heterocycles. The maximum atomic E-state index is 6.74. The highest BCUT2D eigenvalue weighted by atomic mass is 35.5. The molecule has 3 heterocycles. The van der Waals surface area contributed by atoms with Crippen LogP contribution in [0, 0.1) is 5.92 Å². The Hall–Kier alpha value is -1.58. The minimum atomic E-state index is 0.0758. The highest BCUT2D eigenvalue weighted by molar-refractivity contribution is 7.18. The summed E-state index contributed by atoms with van der Waals surface area (Å²) in [6, 6.07) is 8.99. The van der Waals surface area contributed by atoms with Gasteiger partial charge >= 0.3 is 0 Å². The Bertz CT molecular complexity index is 914. The van der Waals surface area contributed by atoms with E-state index in [4.69, 9.17) is 11.6 Å². The molecule has 0 bridgehead atoms. The van der Waals surface area contributed by atoms with Crippen LogP contribution in [-0.2, 0) is 0 Å². The van der Waals surface area contributed by atoms with E-state index in [1.807, 2.05) is 17.6 Å². The fourth-order valence-corrected chi connectivity index (χ4v) is 5.75. The zero-order valence-corrected chi connectivity index (χ0v) is 16.8. The number of nitrogens with one attached hydrogen (secondary N) is 3. The number of anilines is 1. The summed E-state index contributed by atoms with van der Waals surface area (Å²) in [4.78, 5) is 4.39. The fourth-order valence-electron chi connectivity index (χ4n) is 3.85. The van der Waals surface area contributed by atoms with Gasteiger partial charge < -0.3 is 5.32 Å². The Morgan fingerprint density at radius 3 is 2.89 bits per heavy atom. The topological polar surface area (TPSA) is 74.8 Å². The molecule has 140 valence electrons. The van der Waals surface area contributed by atoms with E-state index in [9.17, 15) is 0 Å². The molecule has 0 spiro atoms. The lowest BCUT2D eigenvalue weighted by Gasteiger charge is -2.35. The molecular formula is C18H19ClN6S2. The monoisotopic (exact) mass is 418 g/mol. The normalized spacial score (nSPS) is 27.4. The summed E-state index contributed by atoms with van der Waals surface area (Å²) in [5.74, 6) is 0.445. The number of thiazole rings is 1. The van der Waals surface area contributed by atoms with Crippen molar-refractivity contribution in [3.05, 3.63) is 35.8 Å². The van der Waals surface area contributed by atoms with E-state index in [-0.39, 0.29) is 11.4 Å². The van der Waals surface area contributed by atoms with Gasteiger partial charge in [-0.05, 0) is 18.9 Å². The molecule has 27 heavy (non-hydrogen) atoms. The van der Waals surface area contributed by atoms with Crippen molar-refractivity contribution in [3.8, 4) is 21.1 Å². The van der Waals surface area contributed by atoms with E-state index in [1.165, 1.54) is 0 Å². The minimum Gasteiger partial charge on any atom is -0.356 e. The van der Waals surface area contributed by atoms with Crippen molar-refractivity contribution in [2.24, 2.45) is 5.92 Å². The molecular weight excluding hydrogens is 400 g/mol. The van der Waals surface area contributed by atoms with Gasteiger partial charge in [0.1, 0.15) is 10.0 Å². The molecule has 3 N–H and O–H groups in total. The Kier molecular flexibility index (Phi) is 4.83. The average molecular weight is 419 g/mol. The molecule has 9 heteroatoms. The van der Waals surface area contributed by atoms with Crippen molar-refractivity contribution >= 4 is 39.4 Å². The quantitative estimate of drug-likeness (QED) is 0.562. The van der Waals surface area contributed by atoms with Gasteiger partial charge in [0.2, 0.25) is 5.13 Å². The second-order valence-electron chi connectivity index (χ2n) is 6.90. The lowest BCUT2D eigenvalue weighted by atomic mass is 9.82. The van der Waals surface area contributed by atoms with Crippen LogP contribution in [0.4, 0.5) is 5.13 Å². The zero-order valence-electron chi connectivity index (χ0n) is 14.4. The molecule has 4 unspecified atom stereocenters. The summed E-state index contributed by atoms with van der Waals surface area (Å²) in [5.41, 5.74) is 8.72. The molecule has 2 aromatic heterocycles. The number of hydrogen-bond acceptors (Lipinski definition) is 8. The van der Waals surface area contributed by atoms with Gasteiger partial charge in [0.25, 0.3) is 0 Å². The van der Waals surface area contributed by atoms with Crippen LogP contribution in [0.3, 0.4) is 0 Å². The number of hydrazine groups is 1. The van der Waals surface area contributed by atoms with Gasteiger partial charge in [-0.2, -0.15) is 0 Å². The second kappa shape index (κ2) is 7.44. The molecule has 1 aromatic carbocycles. The summed E-state index contributed by atoms with van der Waals surface area (Å²) in [5, 5.41) is 17.1. The summed E-state index contributed by atoms with van der Waals surface area (Å²) < 4.78 is 0. The maximum Gasteiger partial charge on any atom is 0.206 e. The Morgan fingerprint density at radius 1 is 1.15 bits per heavy atom. The lowest BCUT2D eigenvalue weighted by molar-refractivity contribution is 0.320. The van der Waals surface area contributed by atoms with Crippen molar-refractivity contribution in [2.75, 3.05) is 11.9 Å². The molecule has 6 nitrogen and oxygen atoms in total. The van der Waals surface area contributed by atoms with E-state index in [0.717, 1.165) is 45.7 Å². The Balaban J connectivity index is 1.32. The first-order chi connectivity index (χ1) is 13.3. The highest BCUT2D eigenvalue weighted by Crippen LogP contribution is 2.35. The molecule has 0 amide bonds. The van der Waals surface area contributed by atoms with Crippen LogP contribution in [0.2, 0.25) is 0 Å². The van der Waals surface area contributed by atoms with E-state index in [1.54, 1.807) is 22.7 Å². The van der Waals surface area contributed by atoms with Crippen LogP contribution in [-0.4, -0.2) is 39.2 Å². The van der Waals surface area contributed by atoms with Gasteiger partial charge in [-0.15, -0.1) is 33.1 Å². The van der Waals surface area contributed by atoms with Crippen molar-refractivity contribution in [1.29, 1.82) is 0 Å². The molecule has 1 aliphatic carbocycles. The summed E-state index contributed by atoms with van der Waals surface area (Å²) >= 11 is 9.95. The first-order valence-corrected chi connectivity index (χ1v) is 11.1. The van der Waals surface area contributed by atoms with Crippen molar-refractivity contribution in [3.63, 3.8) is 0 Å². The van der Waals surface area contributed by atoms with Gasteiger partial charge in [-0.25, -0.2) is 4.98 Å². The van der Waals surface area contributed by atoms with Crippen molar-refractivity contribution in [1.82, 2.24) is 26.0 Å². The number of halogens is 1. The standard InChI is InChI=1S/C18H19ClN6S2/c19-15-12-9-21-23-13(12)4-5-14(15)22-18-25-24-17(27-18)11-3-1-2-10(8-11)16-20-6-7-26-16/h1-3,6-8,12-15,21,23H,4-5,9H2,(H,22,25). The van der Waals surface area contributed by atoms with Gasteiger partial charge in [0.15, 0.2) is 0 Å². The number of alkyl halides is 1. The van der Waals surface area contributed by atoms with Crippen LogP contribution < -0.4 is 16.2 Å². The minimum absolute atomic E-state index is 0.0758. The number of hydrogen-bond donors (Lipinski definition) is 3. The van der Waals surface area contributed by atoms with Crippen LogP contribution in [0.15, 0.2) is 35.8 Å². The van der Waals surface area contributed by atoms with Crippen LogP contribution in [0.5, 0.6) is 0 Å². The first-order valence-electron chi connectivity index (χ1n) is 9.01. The van der Waals surface area contributed by atoms with Crippen LogP contribution >= 0.6 is 34.3 Å². The molecule has 2 aliphatic rings.